The van der Waals surface area contributed by atoms with Crippen LogP contribution in [0.15, 0.2) is 30.3 Å². The van der Waals surface area contributed by atoms with Gasteiger partial charge in [-0.3, -0.25) is 14.4 Å². The zero-order valence-corrected chi connectivity index (χ0v) is 21.7. The maximum atomic E-state index is 13.9. The lowest BCUT2D eigenvalue weighted by atomic mass is 9.93. The number of benzene rings is 1. The van der Waals surface area contributed by atoms with E-state index in [-0.39, 0.29) is 31.8 Å². The third kappa shape index (κ3) is 6.92. The molecule has 1 aliphatic rings. The molecule has 1 heterocycles. The monoisotopic (exact) mass is 532 g/mol. The molecule has 4 unspecified atom stereocenters. The summed E-state index contributed by atoms with van der Waals surface area (Å²) >= 11 is 6.39. The van der Waals surface area contributed by atoms with Gasteiger partial charge in [-0.1, -0.05) is 30.3 Å². The predicted molar refractivity (Wildman–Crippen MR) is 134 cm³/mol. The van der Waals surface area contributed by atoms with Crippen LogP contribution in [0.1, 0.15) is 39.2 Å². The molecule has 1 saturated heterocycles. The molecule has 12 heteroatoms. The summed E-state index contributed by atoms with van der Waals surface area (Å²) in [6.45, 7) is 5.42. The number of nitrogens with zero attached hydrogens (tertiary/aromatic N) is 1. The summed E-state index contributed by atoms with van der Waals surface area (Å²) in [5.74, 6) is -2.86. The van der Waals surface area contributed by atoms with E-state index in [0.717, 1.165) is 5.56 Å². The van der Waals surface area contributed by atoms with Crippen LogP contribution in [0.3, 0.4) is 0 Å². The zero-order valence-electron chi connectivity index (χ0n) is 20.1. The van der Waals surface area contributed by atoms with Crippen LogP contribution in [0, 0.1) is 0 Å². The largest absolute Gasteiger partial charge is 0.378 e. The van der Waals surface area contributed by atoms with Crippen molar-refractivity contribution >= 4 is 47.6 Å². The molecule has 0 bridgehead atoms. The number of rotatable bonds is 9. The van der Waals surface area contributed by atoms with Crippen LogP contribution >= 0.6 is 24.0 Å². The highest BCUT2D eigenvalue weighted by molar-refractivity contribution is 6.21. The molecular weight excluding hydrogens is 497 g/mol. The maximum absolute atomic E-state index is 13.9. The van der Waals surface area contributed by atoms with Crippen molar-refractivity contribution in [2.24, 2.45) is 17.2 Å². The summed E-state index contributed by atoms with van der Waals surface area (Å²) in [6.07, 6.45) is -1.83. The highest BCUT2D eigenvalue weighted by atomic mass is 35.5. The molecule has 6 atom stereocenters. The van der Waals surface area contributed by atoms with E-state index >= 15 is 0 Å². The van der Waals surface area contributed by atoms with Crippen molar-refractivity contribution in [1.29, 1.82) is 0 Å². The number of aliphatic hydroxyl groups is 1. The Balaban J connectivity index is 0.00000612. The Bertz CT molecular complexity index is 927. The smallest absolute Gasteiger partial charge is 0.345 e. The van der Waals surface area contributed by atoms with Crippen molar-refractivity contribution in [3.8, 4) is 0 Å². The molecule has 10 nitrogen and oxygen atoms in total. The van der Waals surface area contributed by atoms with Gasteiger partial charge in [0.1, 0.15) is 6.54 Å². The third-order valence-corrected chi connectivity index (χ3v) is 6.75. The molecule has 35 heavy (non-hydrogen) atoms. The lowest BCUT2D eigenvalue weighted by molar-refractivity contribution is -0.904. The number of alkyl halides is 1. The van der Waals surface area contributed by atoms with Gasteiger partial charge >= 0.3 is 5.91 Å². The standard InChI is InChI=1S/C23H34ClN5O5.ClH/c1-23(2,3)29(12-14(24)10-17(29)20(27)32)22(34)19(31)16(9-13-7-5-4-6-8-13)28-21(33)15(25)11-18(26)30;/h4-8,14-17,19,31H,9-12,25H2,1-3H3,(H4-,26,27,28,30,32,33);1H/p+1/t14?,15-,16?,17-,19?,29?;/m0./s1. The Morgan fingerprint density at radius 2 is 1.74 bits per heavy atom. The zero-order chi connectivity index (χ0) is 25.8. The third-order valence-electron chi connectivity index (χ3n) is 6.43. The van der Waals surface area contributed by atoms with Crippen LogP contribution in [-0.4, -0.2) is 74.9 Å². The molecular formula is C23H36Cl2N5O5+. The van der Waals surface area contributed by atoms with E-state index in [2.05, 4.69) is 5.32 Å². The molecule has 1 aliphatic heterocycles. The number of hydrogen-bond donors (Lipinski definition) is 5. The molecule has 8 N–H and O–H groups in total. The predicted octanol–water partition coefficient (Wildman–Crippen LogP) is -0.294. The molecule has 4 amide bonds. The van der Waals surface area contributed by atoms with Crippen LogP contribution in [0.2, 0.25) is 0 Å². The lowest BCUT2D eigenvalue weighted by Crippen LogP contribution is -2.72. The lowest BCUT2D eigenvalue weighted by Gasteiger charge is -2.47. The van der Waals surface area contributed by atoms with E-state index in [1.54, 1.807) is 45.0 Å². The average Bonchev–Trinajstić information content (AvgIpc) is 3.11. The number of hydrogen-bond acceptors (Lipinski definition) is 6. The summed E-state index contributed by atoms with van der Waals surface area (Å²) in [4.78, 5) is 50.1. The molecule has 1 aromatic carbocycles. The molecule has 196 valence electrons. The normalized spacial score (nSPS) is 24.5. The number of nitrogens with two attached hydrogens (primary N) is 3. The number of carbonyl (C=O) groups is 4. The Labute approximate surface area is 216 Å². The number of primary amides is 2. The summed E-state index contributed by atoms with van der Waals surface area (Å²) in [5, 5.41) is 13.4. The van der Waals surface area contributed by atoms with Crippen LogP contribution in [0.5, 0.6) is 0 Å². The first-order chi connectivity index (χ1) is 15.7. The Morgan fingerprint density at radius 3 is 2.23 bits per heavy atom. The van der Waals surface area contributed by atoms with Gasteiger partial charge in [-0.2, -0.15) is 0 Å². The number of carbonyl (C=O) groups excluding carboxylic acids is 4. The molecule has 0 spiro atoms. The van der Waals surface area contributed by atoms with Gasteiger partial charge in [-0.15, -0.1) is 24.0 Å². The molecule has 2 rings (SSSR count). The Kier molecular flexibility index (Phi) is 10.7. The first kappa shape index (κ1) is 30.8. The van der Waals surface area contributed by atoms with Gasteiger partial charge < -0.3 is 27.6 Å². The summed E-state index contributed by atoms with van der Waals surface area (Å²) in [7, 11) is 0. The first-order valence-corrected chi connectivity index (χ1v) is 11.6. The molecule has 0 saturated carbocycles. The number of nitrogens with one attached hydrogen (secondary N) is 1. The SMILES string of the molecule is CC(C)(C)[N+]1(C(=O)C(O)C(Cc2ccccc2)NC(=O)[C@@H](N)CC(N)=O)CC(Cl)C[C@H]1C(N)=O.Cl. The van der Waals surface area contributed by atoms with Gasteiger partial charge in [0.2, 0.25) is 11.8 Å². The van der Waals surface area contributed by atoms with Crippen molar-refractivity contribution in [2.75, 3.05) is 6.54 Å². The molecule has 1 aromatic rings. The minimum Gasteiger partial charge on any atom is -0.378 e. The van der Waals surface area contributed by atoms with Crippen molar-refractivity contribution in [3.63, 3.8) is 0 Å². The fraction of sp³-hybridized carbons (Fsp3) is 0.565. The Morgan fingerprint density at radius 1 is 1.17 bits per heavy atom. The van der Waals surface area contributed by atoms with Gasteiger partial charge in [-0.25, -0.2) is 9.28 Å². The summed E-state index contributed by atoms with van der Waals surface area (Å²) in [6, 6.07) is 5.66. The molecule has 0 radical (unpaired) electrons. The molecule has 1 fully saturated rings. The van der Waals surface area contributed by atoms with E-state index < -0.39 is 69.7 Å². The van der Waals surface area contributed by atoms with E-state index in [1.807, 2.05) is 6.07 Å². The summed E-state index contributed by atoms with van der Waals surface area (Å²) < 4.78 is -0.452. The van der Waals surface area contributed by atoms with Gasteiger partial charge in [-0.05, 0) is 32.8 Å². The number of amides is 4. The quantitative estimate of drug-likeness (QED) is 0.215. The molecule has 0 aliphatic carbocycles. The van der Waals surface area contributed by atoms with Crippen molar-refractivity contribution < 1.29 is 28.8 Å². The minimum atomic E-state index is -1.71. The molecule has 0 aromatic heterocycles. The Hall–Kier alpha value is -2.24. The van der Waals surface area contributed by atoms with E-state index in [0.29, 0.717) is 0 Å². The second-order valence-corrected chi connectivity index (χ2v) is 10.5. The van der Waals surface area contributed by atoms with E-state index in [1.165, 1.54) is 0 Å². The highest BCUT2D eigenvalue weighted by Gasteiger charge is 2.62. The van der Waals surface area contributed by atoms with Crippen molar-refractivity contribution in [1.82, 2.24) is 5.32 Å². The van der Waals surface area contributed by atoms with Crippen LogP contribution in [0.4, 0.5) is 0 Å². The second-order valence-electron chi connectivity index (χ2n) is 9.84. The highest BCUT2D eigenvalue weighted by Crippen LogP contribution is 2.40. The van der Waals surface area contributed by atoms with Crippen molar-refractivity contribution in [2.45, 2.75) is 75.2 Å². The summed E-state index contributed by atoms with van der Waals surface area (Å²) in [5.41, 5.74) is 16.5. The fourth-order valence-electron chi connectivity index (χ4n) is 4.70. The topological polar surface area (TPSA) is 179 Å². The van der Waals surface area contributed by atoms with Gasteiger partial charge in [0, 0.05) is 6.42 Å². The number of aliphatic hydroxyl groups excluding tert-OH is 1. The van der Waals surface area contributed by atoms with Crippen molar-refractivity contribution in [3.05, 3.63) is 35.9 Å². The number of halogens is 2. The van der Waals surface area contributed by atoms with Crippen LogP contribution in [-0.2, 0) is 25.6 Å². The van der Waals surface area contributed by atoms with Gasteiger partial charge in [0.25, 0.3) is 5.91 Å². The fourth-order valence-corrected chi connectivity index (χ4v) is 5.09. The average molecular weight is 533 g/mol. The minimum absolute atomic E-state index is 0. The number of quaternary nitrogens is 1. The van der Waals surface area contributed by atoms with Gasteiger partial charge in [0.05, 0.1) is 29.4 Å². The van der Waals surface area contributed by atoms with Gasteiger partial charge in [0.15, 0.2) is 12.1 Å². The maximum Gasteiger partial charge on any atom is 0.345 e. The second kappa shape index (κ2) is 12.1. The van der Waals surface area contributed by atoms with Crippen LogP contribution < -0.4 is 22.5 Å². The number of likely N-dealkylation sites (tertiary alicyclic amines) is 1. The van der Waals surface area contributed by atoms with E-state index in [4.69, 9.17) is 28.8 Å². The first-order valence-electron chi connectivity index (χ1n) is 11.1. The van der Waals surface area contributed by atoms with Crippen LogP contribution in [0.25, 0.3) is 0 Å². The van der Waals surface area contributed by atoms with E-state index in [9.17, 15) is 24.3 Å².